The third-order valence-corrected chi connectivity index (χ3v) is 13.3. The van der Waals surface area contributed by atoms with Gasteiger partial charge < -0.3 is 15.4 Å². The third-order valence-electron chi connectivity index (χ3n) is 13.3. The van der Waals surface area contributed by atoms with Gasteiger partial charge in [-0.25, -0.2) is 14.6 Å². The summed E-state index contributed by atoms with van der Waals surface area (Å²) < 4.78 is 7.95. The molecule has 0 bridgehead atoms. The predicted octanol–water partition coefficient (Wildman–Crippen LogP) is 4.98. The van der Waals surface area contributed by atoms with Gasteiger partial charge in [0.05, 0.1) is 29.1 Å². The number of piperidine rings is 3. The van der Waals surface area contributed by atoms with Gasteiger partial charge in [0.25, 0.3) is 11.8 Å². The topological polar surface area (TPSA) is 186 Å². The van der Waals surface area contributed by atoms with Crippen molar-refractivity contribution >= 4 is 46.4 Å². The summed E-state index contributed by atoms with van der Waals surface area (Å²) in [4.78, 5) is 78.0. The zero-order valence-electron chi connectivity index (χ0n) is 34.1. The van der Waals surface area contributed by atoms with Gasteiger partial charge in [0.15, 0.2) is 5.65 Å². The summed E-state index contributed by atoms with van der Waals surface area (Å²) >= 11 is 0. The molecule has 1 spiro atoms. The standard InChI is InChI=1S/C47H45N9O6/c48-42-40-41(31-9-11-34(12-10-31)62-33-4-2-1-3-5-33)52-56(43(40)50-28-49-42)32-16-20-54(21-17-32)39(58)27-53-22-18-47(19-23-53)25-30(26-47)7-6-29-8-13-35-36(24-29)46(61)55(45(35)60)37-14-15-38(57)51-44(37)59/h1-5,8-13,24,28,30,32,37H,14-23,25-27H2,(H2,48,49,50)(H,51,57,59). The summed E-state index contributed by atoms with van der Waals surface area (Å²) in [6, 6.07) is 21.4. The molecule has 1 atom stereocenters. The SMILES string of the molecule is Nc1ncnc2c1c(-c1ccc(Oc3ccccc3)cc1)nn2C1CCN(C(=O)CN2CCC3(CC2)CC(C#Cc2ccc4c(c2)C(=O)N(C2CCC(=O)NC2=O)C4=O)C3)CC1. The number of hydrogen-bond donors (Lipinski definition) is 2. The van der Waals surface area contributed by atoms with E-state index in [9.17, 15) is 24.0 Å². The summed E-state index contributed by atoms with van der Waals surface area (Å²) in [7, 11) is 0. The molecule has 5 amide bonds. The molecule has 3 N–H and O–H groups in total. The van der Waals surface area contributed by atoms with Gasteiger partial charge in [-0.2, -0.15) is 5.10 Å². The van der Waals surface area contributed by atoms with Crippen LogP contribution >= 0.6 is 0 Å². The van der Waals surface area contributed by atoms with Crippen LogP contribution in [0.2, 0.25) is 0 Å². The van der Waals surface area contributed by atoms with E-state index in [1.54, 1.807) is 18.2 Å². The first-order chi connectivity index (χ1) is 30.1. The van der Waals surface area contributed by atoms with Gasteiger partial charge in [0.2, 0.25) is 17.7 Å². The Hall–Kier alpha value is -6.92. The van der Waals surface area contributed by atoms with E-state index >= 15 is 0 Å². The number of hydrogen-bond acceptors (Lipinski definition) is 11. The Bertz CT molecular complexity index is 2680. The summed E-state index contributed by atoms with van der Waals surface area (Å²) in [6.45, 7) is 3.42. The molecule has 10 rings (SSSR count). The van der Waals surface area contributed by atoms with Gasteiger partial charge in [0, 0.05) is 36.6 Å². The van der Waals surface area contributed by atoms with E-state index in [-0.39, 0.29) is 47.3 Å². The second kappa shape index (κ2) is 15.8. The number of nitrogens with one attached hydrogen (secondary N) is 1. The number of anilines is 1. The summed E-state index contributed by atoms with van der Waals surface area (Å²) in [5.74, 6) is 6.74. The van der Waals surface area contributed by atoms with E-state index in [0.717, 1.165) is 67.8 Å². The molecule has 0 radical (unpaired) electrons. The lowest BCUT2D eigenvalue weighted by atomic mass is 9.58. The first-order valence-electron chi connectivity index (χ1n) is 21.3. The van der Waals surface area contributed by atoms with Crippen LogP contribution in [0.25, 0.3) is 22.3 Å². The Kier molecular flexibility index (Phi) is 10.0. The van der Waals surface area contributed by atoms with Gasteiger partial charge in [0.1, 0.15) is 35.4 Å². The number of imide groups is 2. The molecule has 1 unspecified atom stereocenters. The maximum Gasteiger partial charge on any atom is 0.262 e. The van der Waals surface area contributed by atoms with E-state index in [1.807, 2.05) is 64.2 Å². The van der Waals surface area contributed by atoms with Crippen LogP contribution < -0.4 is 15.8 Å². The number of amides is 5. The molecule has 2 aromatic heterocycles. The lowest BCUT2D eigenvalue weighted by Crippen LogP contribution is -2.54. The number of carbonyl (C=O) groups is 5. The molecule has 1 saturated carbocycles. The number of benzene rings is 3. The van der Waals surface area contributed by atoms with Gasteiger partial charge in [-0.15, -0.1) is 0 Å². The molecule has 62 heavy (non-hydrogen) atoms. The van der Waals surface area contributed by atoms with Crippen LogP contribution in [0.15, 0.2) is 79.1 Å². The van der Waals surface area contributed by atoms with Crippen LogP contribution in [-0.2, 0) is 14.4 Å². The van der Waals surface area contributed by atoms with Crippen LogP contribution in [0.5, 0.6) is 11.5 Å². The lowest BCUT2D eigenvalue weighted by molar-refractivity contribution is -0.136. The zero-order chi connectivity index (χ0) is 42.5. The molecular weight excluding hydrogens is 787 g/mol. The smallest absolute Gasteiger partial charge is 0.262 e. The van der Waals surface area contributed by atoms with Crippen LogP contribution in [0.1, 0.15) is 83.7 Å². The quantitative estimate of drug-likeness (QED) is 0.167. The highest BCUT2D eigenvalue weighted by Gasteiger charge is 2.46. The van der Waals surface area contributed by atoms with Crippen LogP contribution in [0, 0.1) is 23.2 Å². The van der Waals surface area contributed by atoms with E-state index in [2.05, 4.69) is 32.0 Å². The molecular formula is C47H45N9O6. The number of nitrogen functional groups attached to an aromatic ring is 1. The van der Waals surface area contributed by atoms with Crippen molar-refractivity contribution in [3.05, 3.63) is 95.8 Å². The molecule has 5 aliphatic rings. The number of nitrogens with two attached hydrogens (primary N) is 1. The Balaban J connectivity index is 0.705. The highest BCUT2D eigenvalue weighted by atomic mass is 16.5. The van der Waals surface area contributed by atoms with Gasteiger partial charge in [-0.1, -0.05) is 30.0 Å². The normalized spacial score (nSPS) is 20.5. The minimum atomic E-state index is -0.998. The second-order valence-corrected chi connectivity index (χ2v) is 17.2. The summed E-state index contributed by atoms with van der Waals surface area (Å²) in [6.07, 6.45) is 7.20. The molecule has 15 nitrogen and oxygen atoms in total. The summed E-state index contributed by atoms with van der Waals surface area (Å²) in [5.41, 5.74) is 10.1. The first kappa shape index (κ1) is 39.2. The second-order valence-electron chi connectivity index (χ2n) is 17.2. The molecule has 314 valence electrons. The number of aromatic nitrogens is 4. The predicted molar refractivity (Wildman–Crippen MR) is 227 cm³/mol. The maximum absolute atomic E-state index is 13.6. The van der Waals surface area contributed by atoms with Crippen molar-refractivity contribution in [3.8, 4) is 34.6 Å². The fourth-order valence-corrected chi connectivity index (χ4v) is 9.82. The third kappa shape index (κ3) is 7.34. The van der Waals surface area contributed by atoms with E-state index < -0.39 is 29.7 Å². The van der Waals surface area contributed by atoms with Crippen molar-refractivity contribution in [2.24, 2.45) is 11.3 Å². The van der Waals surface area contributed by atoms with Crippen LogP contribution in [0.4, 0.5) is 5.82 Å². The molecule has 4 fully saturated rings. The van der Waals surface area contributed by atoms with Crippen molar-refractivity contribution in [1.29, 1.82) is 0 Å². The fraction of sp³-hybridized carbons (Fsp3) is 0.362. The number of ether oxygens (including phenoxy) is 1. The van der Waals surface area contributed by atoms with Crippen molar-refractivity contribution in [3.63, 3.8) is 0 Å². The Morgan fingerprint density at radius 1 is 0.855 bits per heavy atom. The number of nitrogens with zero attached hydrogens (tertiary/aromatic N) is 7. The van der Waals surface area contributed by atoms with Gasteiger partial charge in [-0.05, 0) is 118 Å². The number of rotatable bonds is 7. The highest BCUT2D eigenvalue weighted by Crippen LogP contribution is 2.52. The van der Waals surface area contributed by atoms with Crippen LogP contribution in [-0.4, -0.2) is 103 Å². The number of fused-ring (bicyclic) bond motifs is 2. The van der Waals surface area contributed by atoms with E-state index in [1.165, 1.54) is 6.33 Å². The monoisotopic (exact) mass is 831 g/mol. The number of para-hydroxylation sites is 1. The maximum atomic E-state index is 13.6. The fourth-order valence-electron chi connectivity index (χ4n) is 9.82. The summed E-state index contributed by atoms with van der Waals surface area (Å²) in [5, 5.41) is 7.99. The molecule has 6 heterocycles. The number of carbonyl (C=O) groups excluding carboxylic acids is 5. The molecule has 3 saturated heterocycles. The average molecular weight is 832 g/mol. The van der Waals surface area contributed by atoms with Crippen molar-refractivity contribution in [2.45, 2.75) is 63.5 Å². The molecule has 3 aromatic carbocycles. The lowest BCUT2D eigenvalue weighted by Gasteiger charge is -2.51. The Morgan fingerprint density at radius 3 is 2.32 bits per heavy atom. The highest BCUT2D eigenvalue weighted by molar-refractivity contribution is 6.23. The molecule has 15 heteroatoms. The molecule has 4 aliphatic heterocycles. The van der Waals surface area contributed by atoms with E-state index in [0.29, 0.717) is 53.5 Å². The first-order valence-corrected chi connectivity index (χ1v) is 21.3. The Labute approximate surface area is 357 Å². The minimum Gasteiger partial charge on any atom is -0.457 e. The number of likely N-dealkylation sites (tertiary alicyclic amines) is 2. The van der Waals surface area contributed by atoms with Crippen molar-refractivity contribution in [1.82, 2.24) is 39.8 Å². The Morgan fingerprint density at radius 2 is 1.58 bits per heavy atom. The zero-order valence-corrected chi connectivity index (χ0v) is 34.1. The minimum absolute atomic E-state index is 0.0551. The van der Waals surface area contributed by atoms with Gasteiger partial charge in [-0.3, -0.25) is 39.1 Å². The average Bonchev–Trinajstić information content (AvgIpc) is 3.78. The van der Waals surface area contributed by atoms with Crippen molar-refractivity contribution in [2.75, 3.05) is 38.5 Å². The van der Waals surface area contributed by atoms with Crippen LogP contribution in [0.3, 0.4) is 0 Å². The molecule has 1 aliphatic carbocycles. The van der Waals surface area contributed by atoms with Crippen molar-refractivity contribution < 1.29 is 28.7 Å². The molecule has 5 aromatic rings. The van der Waals surface area contributed by atoms with Gasteiger partial charge >= 0.3 is 0 Å². The largest absolute Gasteiger partial charge is 0.457 e. The van der Waals surface area contributed by atoms with E-state index in [4.69, 9.17) is 15.6 Å².